The smallest absolute Gasteiger partial charge is 0.335 e. The van der Waals surface area contributed by atoms with Crippen molar-refractivity contribution in [1.82, 2.24) is 4.98 Å². The van der Waals surface area contributed by atoms with Gasteiger partial charge in [-0.25, -0.2) is 4.98 Å². The molecule has 0 bridgehead atoms. The van der Waals surface area contributed by atoms with Gasteiger partial charge in [0.25, 0.3) is 0 Å². The van der Waals surface area contributed by atoms with Gasteiger partial charge < -0.3 is 9.64 Å². The number of hydrogen-bond acceptors (Lipinski definition) is 6. The number of amides is 1. The molecule has 0 saturated carbocycles. The molecule has 1 aromatic rings. The molecule has 2 fully saturated rings. The number of rotatable bonds is 2. The summed E-state index contributed by atoms with van der Waals surface area (Å²) < 4.78 is 5.87. The second-order valence-corrected chi connectivity index (χ2v) is 5.87. The van der Waals surface area contributed by atoms with Crippen molar-refractivity contribution in [3.8, 4) is 0 Å². The topological polar surface area (TPSA) is 71.9 Å². The Morgan fingerprint density at radius 3 is 2.84 bits per heavy atom. The van der Waals surface area contributed by atoms with Crippen molar-refractivity contribution in [2.24, 2.45) is 5.18 Å². The molecule has 1 spiro atoms. The van der Waals surface area contributed by atoms with Crippen molar-refractivity contribution in [3.05, 3.63) is 16.0 Å². The van der Waals surface area contributed by atoms with Crippen molar-refractivity contribution in [2.75, 3.05) is 24.6 Å². The maximum absolute atomic E-state index is 11.1. The molecular weight excluding hydrogens is 266 g/mol. The van der Waals surface area contributed by atoms with E-state index in [-0.39, 0.29) is 11.3 Å². The summed E-state index contributed by atoms with van der Waals surface area (Å²) in [5.74, 6) is -0.796. The predicted molar refractivity (Wildman–Crippen MR) is 71.6 cm³/mol. The quantitative estimate of drug-likeness (QED) is 0.777. The van der Waals surface area contributed by atoms with E-state index < -0.39 is 5.91 Å². The summed E-state index contributed by atoms with van der Waals surface area (Å²) in [7, 11) is 0. The first-order valence-corrected chi connectivity index (χ1v) is 7.33. The summed E-state index contributed by atoms with van der Waals surface area (Å²) in [6.07, 6.45) is 4.31. The fourth-order valence-corrected chi connectivity index (χ4v) is 3.66. The highest BCUT2D eigenvalue weighted by Crippen LogP contribution is 2.37. The van der Waals surface area contributed by atoms with E-state index in [0.717, 1.165) is 50.5 Å². The SMILES string of the molecule is O=NC(=O)c1csc(N2CCC3(CCCO3)CC2)n1. The van der Waals surface area contributed by atoms with Crippen LogP contribution in [-0.4, -0.2) is 36.2 Å². The lowest BCUT2D eigenvalue weighted by molar-refractivity contribution is -0.0146. The Morgan fingerprint density at radius 1 is 1.42 bits per heavy atom. The fraction of sp³-hybridized carbons (Fsp3) is 0.667. The Labute approximate surface area is 114 Å². The van der Waals surface area contributed by atoms with Gasteiger partial charge in [0.2, 0.25) is 0 Å². The molecule has 19 heavy (non-hydrogen) atoms. The third-order valence-electron chi connectivity index (χ3n) is 3.92. The van der Waals surface area contributed by atoms with E-state index in [1.807, 2.05) is 0 Å². The van der Waals surface area contributed by atoms with Crippen molar-refractivity contribution in [2.45, 2.75) is 31.3 Å². The van der Waals surface area contributed by atoms with Gasteiger partial charge in [-0.2, -0.15) is 0 Å². The Bertz CT molecular complexity index is 486. The first-order valence-electron chi connectivity index (χ1n) is 6.45. The van der Waals surface area contributed by atoms with Gasteiger partial charge in [-0.3, -0.25) is 4.79 Å². The number of piperidine rings is 1. The van der Waals surface area contributed by atoms with Crippen molar-refractivity contribution >= 4 is 22.4 Å². The normalized spacial score (nSPS) is 21.8. The predicted octanol–water partition coefficient (Wildman–Crippen LogP) is 2.20. The van der Waals surface area contributed by atoms with Crippen LogP contribution in [0.1, 0.15) is 36.2 Å². The standard InChI is InChI=1S/C12H15N3O3S/c16-10(14-17)9-8-19-11(13-9)15-5-3-12(4-6-15)2-1-7-18-12/h8H,1-7H2. The van der Waals surface area contributed by atoms with E-state index in [1.165, 1.54) is 11.3 Å². The Kier molecular flexibility index (Phi) is 3.32. The zero-order valence-corrected chi connectivity index (χ0v) is 11.3. The maximum Gasteiger partial charge on any atom is 0.335 e. The molecule has 0 aliphatic carbocycles. The molecule has 2 saturated heterocycles. The van der Waals surface area contributed by atoms with Crippen molar-refractivity contribution in [3.63, 3.8) is 0 Å². The van der Waals surface area contributed by atoms with Gasteiger partial charge >= 0.3 is 5.91 Å². The molecular formula is C12H15N3O3S. The van der Waals surface area contributed by atoms with Gasteiger partial charge in [-0.05, 0) is 25.7 Å². The fourth-order valence-electron chi connectivity index (χ4n) is 2.81. The number of thiazole rings is 1. The van der Waals surface area contributed by atoms with Gasteiger partial charge in [0.15, 0.2) is 5.13 Å². The van der Waals surface area contributed by atoms with E-state index in [1.54, 1.807) is 5.38 Å². The summed E-state index contributed by atoms with van der Waals surface area (Å²) in [5, 5.41) is 4.78. The van der Waals surface area contributed by atoms with Crippen molar-refractivity contribution < 1.29 is 9.53 Å². The molecule has 102 valence electrons. The molecule has 6 nitrogen and oxygen atoms in total. The van der Waals surface area contributed by atoms with Crippen LogP contribution in [0.2, 0.25) is 0 Å². The van der Waals surface area contributed by atoms with E-state index in [2.05, 4.69) is 15.1 Å². The number of hydrogen-bond donors (Lipinski definition) is 0. The van der Waals surface area contributed by atoms with Crippen LogP contribution in [0, 0.1) is 4.91 Å². The van der Waals surface area contributed by atoms with Gasteiger partial charge in [0.05, 0.1) is 5.60 Å². The number of ether oxygens (including phenoxy) is 1. The van der Waals surface area contributed by atoms with Crippen LogP contribution < -0.4 is 4.90 Å². The first-order chi connectivity index (χ1) is 9.22. The summed E-state index contributed by atoms with van der Waals surface area (Å²) in [5.41, 5.74) is 0.226. The zero-order valence-electron chi connectivity index (χ0n) is 10.5. The van der Waals surface area contributed by atoms with Crippen LogP contribution in [0.5, 0.6) is 0 Å². The van der Waals surface area contributed by atoms with Gasteiger partial charge in [0, 0.05) is 30.3 Å². The zero-order chi connectivity index (χ0) is 13.3. The molecule has 0 radical (unpaired) electrons. The largest absolute Gasteiger partial charge is 0.375 e. The van der Waals surface area contributed by atoms with Gasteiger partial charge in [0.1, 0.15) is 5.69 Å². The number of carbonyl (C=O) groups is 1. The molecule has 2 aliphatic heterocycles. The highest BCUT2D eigenvalue weighted by atomic mass is 32.1. The maximum atomic E-state index is 11.1. The van der Waals surface area contributed by atoms with E-state index in [4.69, 9.17) is 4.74 Å². The monoisotopic (exact) mass is 281 g/mol. The van der Waals surface area contributed by atoms with Crippen molar-refractivity contribution in [1.29, 1.82) is 0 Å². The van der Waals surface area contributed by atoms with Crippen LogP contribution in [0.3, 0.4) is 0 Å². The molecule has 0 unspecified atom stereocenters. The Balaban J connectivity index is 1.66. The lowest BCUT2D eigenvalue weighted by atomic mass is 9.89. The van der Waals surface area contributed by atoms with Crippen LogP contribution >= 0.6 is 11.3 Å². The van der Waals surface area contributed by atoms with E-state index in [9.17, 15) is 9.70 Å². The third kappa shape index (κ3) is 2.40. The number of anilines is 1. The average Bonchev–Trinajstić information content (AvgIpc) is 3.09. The average molecular weight is 281 g/mol. The molecule has 1 amide bonds. The molecule has 7 heteroatoms. The number of carbonyl (C=O) groups excluding carboxylic acids is 1. The number of aromatic nitrogens is 1. The number of nitroso groups, excluding NO2 is 1. The second kappa shape index (κ2) is 4.97. The lowest BCUT2D eigenvalue weighted by Crippen LogP contribution is -2.44. The molecule has 2 aliphatic rings. The minimum absolute atomic E-state index is 0.0801. The summed E-state index contributed by atoms with van der Waals surface area (Å²) in [6.45, 7) is 2.65. The molecule has 1 aromatic heterocycles. The third-order valence-corrected chi connectivity index (χ3v) is 4.83. The minimum atomic E-state index is -0.796. The van der Waals surface area contributed by atoms with E-state index in [0.29, 0.717) is 0 Å². The van der Waals surface area contributed by atoms with Crippen LogP contribution in [-0.2, 0) is 4.74 Å². The Morgan fingerprint density at radius 2 is 2.21 bits per heavy atom. The molecule has 3 rings (SSSR count). The summed E-state index contributed by atoms with van der Waals surface area (Å²) >= 11 is 1.39. The van der Waals surface area contributed by atoms with Gasteiger partial charge in [-0.15, -0.1) is 16.2 Å². The highest BCUT2D eigenvalue weighted by molar-refractivity contribution is 7.13. The van der Waals surface area contributed by atoms with Crippen LogP contribution in [0.15, 0.2) is 10.6 Å². The summed E-state index contributed by atoms with van der Waals surface area (Å²) in [4.78, 5) is 27.7. The van der Waals surface area contributed by atoms with E-state index >= 15 is 0 Å². The second-order valence-electron chi connectivity index (χ2n) is 5.03. The minimum Gasteiger partial charge on any atom is -0.375 e. The summed E-state index contributed by atoms with van der Waals surface area (Å²) in [6, 6.07) is 0. The lowest BCUT2D eigenvalue weighted by Gasteiger charge is -2.38. The number of nitrogens with zero attached hydrogens (tertiary/aromatic N) is 3. The van der Waals surface area contributed by atoms with Crippen LogP contribution in [0.25, 0.3) is 0 Å². The molecule has 0 aromatic carbocycles. The van der Waals surface area contributed by atoms with Gasteiger partial charge in [-0.1, -0.05) is 0 Å². The molecule has 3 heterocycles. The van der Waals surface area contributed by atoms with Crippen LogP contribution in [0.4, 0.5) is 5.13 Å². The first kappa shape index (κ1) is 12.7. The highest BCUT2D eigenvalue weighted by Gasteiger charge is 2.38. The molecule has 0 atom stereocenters. The molecule has 0 N–H and O–H groups in total. The Hall–Kier alpha value is -1.34.